The van der Waals surface area contributed by atoms with Gasteiger partial charge in [-0.3, -0.25) is 28.5 Å². The van der Waals surface area contributed by atoms with Crippen LogP contribution in [-0.4, -0.2) is 73.9 Å². The van der Waals surface area contributed by atoms with Gasteiger partial charge in [-0.2, -0.15) is 0 Å². The molecule has 1 fully saturated rings. The zero-order valence-corrected chi connectivity index (χ0v) is 21.7. The molecule has 4 heterocycles. The van der Waals surface area contributed by atoms with E-state index in [1.807, 2.05) is 13.0 Å². The highest BCUT2D eigenvalue weighted by Crippen LogP contribution is 2.32. The smallest absolute Gasteiger partial charge is 0.332 e. The van der Waals surface area contributed by atoms with Crippen molar-refractivity contribution in [1.82, 2.24) is 28.6 Å². The third kappa shape index (κ3) is 4.36. The minimum atomic E-state index is -0.482. The molecule has 1 aliphatic rings. The molecule has 0 unspecified atom stereocenters. The monoisotopic (exact) mass is 511 g/mol. The number of hydrogen-bond donors (Lipinski definition) is 0. The Bertz CT molecular complexity index is 1580. The summed E-state index contributed by atoms with van der Waals surface area (Å²) in [4.78, 5) is 51.9. The van der Waals surface area contributed by atoms with Crippen LogP contribution in [0.4, 0.5) is 5.13 Å². The van der Waals surface area contributed by atoms with Crippen LogP contribution in [0.25, 0.3) is 21.4 Å². The maximum absolute atomic E-state index is 13.7. The SMILES string of the molecule is Cc1cc(C)c2sc(N(CCN3CCOCC3)C(=O)Cn3cnc4c3c(=O)n(C)c(=O)n4C)nc2c1. The zero-order valence-electron chi connectivity index (χ0n) is 20.9. The summed E-state index contributed by atoms with van der Waals surface area (Å²) in [6.45, 7) is 8.12. The number of aromatic nitrogens is 5. The standard InChI is InChI=1S/C24H29N7O4S/c1-15-11-16(2)20-17(12-15)26-23(36-20)31(6-5-29-7-9-35-10-8-29)18(32)13-30-14-25-21-19(30)22(33)28(4)24(34)27(21)3/h11-12,14H,5-10,13H2,1-4H3. The van der Waals surface area contributed by atoms with Gasteiger partial charge in [0.2, 0.25) is 5.91 Å². The first-order valence-corrected chi connectivity index (χ1v) is 12.7. The lowest BCUT2D eigenvalue weighted by atomic mass is 10.1. The van der Waals surface area contributed by atoms with Crippen molar-refractivity contribution >= 4 is 43.8 Å². The molecule has 12 heteroatoms. The molecule has 5 rings (SSSR count). The first-order valence-electron chi connectivity index (χ1n) is 11.8. The van der Waals surface area contributed by atoms with Crippen molar-refractivity contribution in [2.45, 2.75) is 20.4 Å². The van der Waals surface area contributed by atoms with E-state index >= 15 is 0 Å². The molecule has 0 N–H and O–H groups in total. The lowest BCUT2D eigenvalue weighted by Gasteiger charge is -2.29. The summed E-state index contributed by atoms with van der Waals surface area (Å²) in [5, 5.41) is 0.627. The molecule has 4 aromatic rings. The Kier molecular flexibility index (Phi) is 6.49. The van der Waals surface area contributed by atoms with E-state index in [0.29, 0.717) is 31.4 Å². The molecule has 0 radical (unpaired) electrons. The molecule has 0 spiro atoms. The highest BCUT2D eigenvalue weighted by Gasteiger charge is 2.24. The zero-order chi connectivity index (χ0) is 25.6. The van der Waals surface area contributed by atoms with Gasteiger partial charge >= 0.3 is 5.69 Å². The van der Waals surface area contributed by atoms with Gasteiger partial charge in [-0.05, 0) is 31.0 Å². The second-order valence-corrected chi connectivity index (χ2v) is 10.2. The Labute approximate surface area is 211 Å². The molecule has 0 bridgehead atoms. The van der Waals surface area contributed by atoms with Crippen LogP contribution >= 0.6 is 11.3 Å². The fourth-order valence-corrected chi connectivity index (χ4v) is 5.68. The summed E-state index contributed by atoms with van der Waals surface area (Å²) in [5.74, 6) is -0.202. The third-order valence-electron chi connectivity index (χ3n) is 6.61. The van der Waals surface area contributed by atoms with Crippen molar-refractivity contribution in [1.29, 1.82) is 0 Å². The van der Waals surface area contributed by atoms with Crippen LogP contribution in [0.15, 0.2) is 28.0 Å². The van der Waals surface area contributed by atoms with Crippen LogP contribution in [0, 0.1) is 13.8 Å². The van der Waals surface area contributed by atoms with E-state index in [2.05, 4.69) is 22.9 Å². The number of imidazole rings is 1. The molecule has 1 aromatic carbocycles. The number of carbonyl (C=O) groups is 1. The van der Waals surface area contributed by atoms with Gasteiger partial charge in [0, 0.05) is 40.3 Å². The van der Waals surface area contributed by atoms with Crippen LogP contribution < -0.4 is 16.1 Å². The van der Waals surface area contributed by atoms with E-state index in [9.17, 15) is 14.4 Å². The minimum absolute atomic E-state index is 0.0962. The number of hydrogen-bond acceptors (Lipinski definition) is 8. The molecule has 11 nitrogen and oxygen atoms in total. The van der Waals surface area contributed by atoms with Gasteiger partial charge in [-0.15, -0.1) is 0 Å². The van der Waals surface area contributed by atoms with Crippen molar-refractivity contribution in [3.8, 4) is 0 Å². The number of morpholine rings is 1. The van der Waals surface area contributed by atoms with Crippen LogP contribution in [-0.2, 0) is 30.2 Å². The summed E-state index contributed by atoms with van der Waals surface area (Å²) >= 11 is 1.50. The number of amides is 1. The van der Waals surface area contributed by atoms with E-state index in [1.165, 1.54) is 33.8 Å². The van der Waals surface area contributed by atoms with Crippen molar-refractivity contribution in [2.75, 3.05) is 44.3 Å². The van der Waals surface area contributed by atoms with Gasteiger partial charge in [0.15, 0.2) is 16.3 Å². The lowest BCUT2D eigenvalue weighted by molar-refractivity contribution is -0.119. The maximum atomic E-state index is 13.7. The van der Waals surface area contributed by atoms with E-state index in [-0.39, 0.29) is 23.6 Å². The molecule has 0 saturated carbocycles. The third-order valence-corrected chi connectivity index (χ3v) is 7.84. The first-order chi connectivity index (χ1) is 17.2. The van der Waals surface area contributed by atoms with Crippen LogP contribution in [0.1, 0.15) is 11.1 Å². The topological polar surface area (TPSA) is 107 Å². The average Bonchev–Trinajstić information content (AvgIpc) is 3.47. The van der Waals surface area contributed by atoms with E-state index in [1.54, 1.807) is 11.9 Å². The second kappa shape index (κ2) is 9.60. The maximum Gasteiger partial charge on any atom is 0.332 e. The fraction of sp³-hybridized carbons (Fsp3) is 0.458. The Hall–Kier alpha value is -3.35. The van der Waals surface area contributed by atoms with E-state index in [4.69, 9.17) is 9.72 Å². The van der Waals surface area contributed by atoms with Crippen molar-refractivity contribution in [3.05, 3.63) is 50.4 Å². The quantitative estimate of drug-likeness (QED) is 0.380. The average molecular weight is 512 g/mol. The Morgan fingerprint density at radius 2 is 1.89 bits per heavy atom. The van der Waals surface area contributed by atoms with Gasteiger partial charge < -0.3 is 9.30 Å². The van der Waals surface area contributed by atoms with Gasteiger partial charge in [0.1, 0.15) is 6.54 Å². The highest BCUT2D eigenvalue weighted by atomic mass is 32.1. The predicted molar refractivity (Wildman–Crippen MR) is 139 cm³/mol. The van der Waals surface area contributed by atoms with Crippen molar-refractivity contribution in [2.24, 2.45) is 14.1 Å². The Balaban J connectivity index is 1.50. The molecular formula is C24H29N7O4S. The number of ether oxygens (including phenoxy) is 1. The molecule has 1 saturated heterocycles. The molecule has 190 valence electrons. The van der Waals surface area contributed by atoms with Crippen LogP contribution in [0.5, 0.6) is 0 Å². The van der Waals surface area contributed by atoms with Gasteiger partial charge in [0.25, 0.3) is 5.56 Å². The Morgan fingerprint density at radius 1 is 1.14 bits per heavy atom. The lowest BCUT2D eigenvalue weighted by Crippen LogP contribution is -2.44. The number of nitrogens with zero attached hydrogens (tertiary/aromatic N) is 7. The fourth-order valence-electron chi connectivity index (χ4n) is 4.62. The predicted octanol–water partition coefficient (Wildman–Crippen LogP) is 1.03. The first kappa shape index (κ1) is 24.3. The summed E-state index contributed by atoms with van der Waals surface area (Å²) < 4.78 is 10.4. The summed E-state index contributed by atoms with van der Waals surface area (Å²) in [6, 6.07) is 4.14. The summed E-state index contributed by atoms with van der Waals surface area (Å²) in [5.41, 5.74) is 2.64. The molecule has 3 aromatic heterocycles. The molecule has 1 amide bonds. The number of carbonyl (C=O) groups excluding carboxylic acids is 1. The molecular weight excluding hydrogens is 482 g/mol. The summed E-state index contributed by atoms with van der Waals surface area (Å²) in [7, 11) is 2.98. The largest absolute Gasteiger partial charge is 0.379 e. The number of fused-ring (bicyclic) bond motifs is 2. The van der Waals surface area contributed by atoms with Gasteiger partial charge in [0.05, 0.1) is 29.8 Å². The van der Waals surface area contributed by atoms with E-state index < -0.39 is 11.2 Å². The summed E-state index contributed by atoms with van der Waals surface area (Å²) in [6.07, 6.45) is 1.44. The highest BCUT2D eigenvalue weighted by molar-refractivity contribution is 7.22. The number of thiazole rings is 1. The van der Waals surface area contributed by atoms with E-state index in [0.717, 1.165) is 39.0 Å². The molecule has 1 aliphatic heterocycles. The Morgan fingerprint density at radius 3 is 2.64 bits per heavy atom. The second-order valence-electron chi connectivity index (χ2n) is 9.18. The van der Waals surface area contributed by atoms with Crippen molar-refractivity contribution < 1.29 is 9.53 Å². The normalized spacial score (nSPS) is 14.7. The van der Waals surface area contributed by atoms with Gasteiger partial charge in [-0.1, -0.05) is 17.4 Å². The van der Waals surface area contributed by atoms with Crippen LogP contribution in [0.3, 0.4) is 0 Å². The number of benzene rings is 1. The number of aryl methyl sites for hydroxylation is 3. The van der Waals surface area contributed by atoms with Crippen molar-refractivity contribution in [3.63, 3.8) is 0 Å². The molecule has 36 heavy (non-hydrogen) atoms. The molecule has 0 atom stereocenters. The minimum Gasteiger partial charge on any atom is -0.379 e. The van der Waals surface area contributed by atoms with Gasteiger partial charge in [-0.25, -0.2) is 14.8 Å². The number of rotatable bonds is 6. The molecule has 0 aliphatic carbocycles. The number of anilines is 1. The van der Waals surface area contributed by atoms with Crippen LogP contribution in [0.2, 0.25) is 0 Å².